The largest absolute Gasteiger partial charge is 0.313 e. The average molecular weight is 239 g/mol. The van der Waals surface area contributed by atoms with Crippen molar-refractivity contribution in [3.05, 3.63) is 0 Å². The molecular weight excluding hydrogens is 225 g/mol. The Morgan fingerprint density at radius 3 is 2.44 bits per heavy atom. The lowest BCUT2D eigenvalue weighted by atomic mass is 10.0. The van der Waals surface area contributed by atoms with E-state index in [-0.39, 0.29) is 0 Å². The third kappa shape index (κ3) is 1.80. The molecule has 1 aliphatic rings. The van der Waals surface area contributed by atoms with E-state index in [1.54, 1.807) is 0 Å². The fourth-order valence-corrected chi connectivity index (χ4v) is 2.74. The summed E-state index contributed by atoms with van der Waals surface area (Å²) in [6, 6.07) is 0.769. The SMILES string of the molecule is CC(C)C1NCCC1I. The van der Waals surface area contributed by atoms with Crippen molar-refractivity contribution in [3.63, 3.8) is 0 Å². The van der Waals surface area contributed by atoms with E-state index in [1.165, 1.54) is 13.0 Å². The quantitative estimate of drug-likeness (QED) is 0.543. The lowest BCUT2D eigenvalue weighted by molar-refractivity contribution is 0.465. The second-order valence-corrected chi connectivity index (χ2v) is 4.63. The first-order valence-corrected chi connectivity index (χ1v) is 4.84. The molecule has 1 nitrogen and oxygen atoms in total. The zero-order chi connectivity index (χ0) is 6.85. The van der Waals surface area contributed by atoms with Crippen LogP contribution in [0.4, 0.5) is 0 Å². The minimum atomic E-state index is 0.769. The summed E-state index contributed by atoms with van der Waals surface area (Å²) in [7, 11) is 0. The summed E-state index contributed by atoms with van der Waals surface area (Å²) < 4.78 is 0.864. The van der Waals surface area contributed by atoms with Gasteiger partial charge in [-0.2, -0.15) is 0 Å². The minimum absolute atomic E-state index is 0.769. The molecule has 0 saturated carbocycles. The Labute approximate surface area is 70.7 Å². The first-order chi connectivity index (χ1) is 4.22. The number of hydrogen-bond acceptors (Lipinski definition) is 1. The van der Waals surface area contributed by atoms with Crippen molar-refractivity contribution >= 4 is 22.6 Å². The van der Waals surface area contributed by atoms with Crippen molar-refractivity contribution < 1.29 is 0 Å². The summed E-state index contributed by atoms with van der Waals surface area (Å²) in [5.41, 5.74) is 0. The number of alkyl halides is 1. The van der Waals surface area contributed by atoms with Crippen molar-refractivity contribution in [1.82, 2.24) is 5.32 Å². The van der Waals surface area contributed by atoms with Gasteiger partial charge in [-0.3, -0.25) is 0 Å². The van der Waals surface area contributed by atoms with Gasteiger partial charge in [0.15, 0.2) is 0 Å². The number of halogens is 1. The molecule has 0 radical (unpaired) electrons. The zero-order valence-electron chi connectivity index (χ0n) is 6.02. The van der Waals surface area contributed by atoms with E-state index in [4.69, 9.17) is 0 Å². The molecule has 1 saturated heterocycles. The van der Waals surface area contributed by atoms with E-state index < -0.39 is 0 Å². The molecular formula is C7H14IN. The van der Waals surface area contributed by atoms with E-state index in [0.717, 1.165) is 15.9 Å². The Kier molecular flexibility index (Phi) is 2.76. The summed E-state index contributed by atoms with van der Waals surface area (Å²) >= 11 is 2.55. The number of nitrogens with one attached hydrogen (secondary N) is 1. The monoisotopic (exact) mass is 239 g/mol. The van der Waals surface area contributed by atoms with Gasteiger partial charge >= 0.3 is 0 Å². The van der Waals surface area contributed by atoms with E-state index in [0.29, 0.717) is 0 Å². The van der Waals surface area contributed by atoms with E-state index in [9.17, 15) is 0 Å². The molecule has 0 aliphatic carbocycles. The van der Waals surface area contributed by atoms with Gasteiger partial charge in [-0.1, -0.05) is 36.4 Å². The summed E-state index contributed by atoms with van der Waals surface area (Å²) in [6.07, 6.45) is 1.35. The molecule has 1 heterocycles. The van der Waals surface area contributed by atoms with E-state index in [1.807, 2.05) is 0 Å². The van der Waals surface area contributed by atoms with Gasteiger partial charge in [-0.05, 0) is 18.9 Å². The highest BCUT2D eigenvalue weighted by Crippen LogP contribution is 2.21. The standard InChI is InChI=1S/C7H14IN/c1-5(2)7-6(8)3-4-9-7/h5-7,9H,3-4H2,1-2H3. The molecule has 2 unspecified atom stereocenters. The second-order valence-electron chi connectivity index (χ2n) is 3.03. The van der Waals surface area contributed by atoms with Gasteiger partial charge in [0.05, 0.1) is 0 Å². The molecule has 1 aliphatic heterocycles. The van der Waals surface area contributed by atoms with Gasteiger partial charge in [0, 0.05) is 9.97 Å². The molecule has 54 valence electrons. The molecule has 0 aromatic rings. The molecule has 0 spiro atoms. The van der Waals surface area contributed by atoms with Gasteiger partial charge in [-0.25, -0.2) is 0 Å². The van der Waals surface area contributed by atoms with Crippen molar-refractivity contribution in [2.24, 2.45) is 5.92 Å². The smallest absolute Gasteiger partial charge is 0.0278 e. The van der Waals surface area contributed by atoms with Gasteiger partial charge in [-0.15, -0.1) is 0 Å². The Hall–Kier alpha value is 0.690. The highest BCUT2D eigenvalue weighted by atomic mass is 127. The van der Waals surface area contributed by atoms with Crippen LogP contribution in [0.5, 0.6) is 0 Å². The maximum Gasteiger partial charge on any atom is 0.0278 e. The molecule has 0 aromatic heterocycles. The first kappa shape index (κ1) is 7.79. The molecule has 9 heavy (non-hydrogen) atoms. The molecule has 0 aromatic carbocycles. The van der Waals surface area contributed by atoms with Crippen LogP contribution in [0.3, 0.4) is 0 Å². The van der Waals surface area contributed by atoms with Gasteiger partial charge in [0.25, 0.3) is 0 Å². The molecule has 1 N–H and O–H groups in total. The predicted molar refractivity (Wildman–Crippen MR) is 49.1 cm³/mol. The summed E-state index contributed by atoms with van der Waals surface area (Å²) in [4.78, 5) is 0. The Morgan fingerprint density at radius 1 is 1.56 bits per heavy atom. The molecule has 1 rings (SSSR count). The number of hydrogen-bond donors (Lipinski definition) is 1. The van der Waals surface area contributed by atoms with Crippen LogP contribution >= 0.6 is 22.6 Å². The molecule has 0 amide bonds. The Bertz CT molecular complexity index is 92.9. The third-order valence-electron chi connectivity index (χ3n) is 1.91. The minimum Gasteiger partial charge on any atom is -0.313 e. The summed E-state index contributed by atoms with van der Waals surface area (Å²) in [5, 5.41) is 3.50. The Morgan fingerprint density at radius 2 is 2.22 bits per heavy atom. The van der Waals surface area contributed by atoms with Gasteiger partial charge < -0.3 is 5.32 Å². The fraction of sp³-hybridized carbons (Fsp3) is 1.00. The average Bonchev–Trinajstić information content (AvgIpc) is 2.13. The maximum atomic E-state index is 3.50. The normalized spacial score (nSPS) is 36.0. The van der Waals surface area contributed by atoms with Crippen molar-refractivity contribution in [2.45, 2.75) is 30.2 Å². The van der Waals surface area contributed by atoms with Crippen LogP contribution in [0.15, 0.2) is 0 Å². The Balaban J connectivity index is 2.40. The first-order valence-electron chi connectivity index (χ1n) is 3.59. The molecule has 1 fully saturated rings. The molecule has 2 atom stereocenters. The second kappa shape index (κ2) is 3.19. The fourth-order valence-electron chi connectivity index (χ4n) is 1.35. The topological polar surface area (TPSA) is 12.0 Å². The summed E-state index contributed by atoms with van der Waals surface area (Å²) in [5.74, 6) is 0.800. The zero-order valence-corrected chi connectivity index (χ0v) is 8.18. The molecule has 0 bridgehead atoms. The van der Waals surface area contributed by atoms with Crippen LogP contribution in [0, 0.1) is 5.92 Å². The number of rotatable bonds is 1. The highest BCUT2D eigenvalue weighted by Gasteiger charge is 2.26. The third-order valence-corrected chi connectivity index (χ3v) is 3.31. The van der Waals surface area contributed by atoms with Crippen molar-refractivity contribution in [2.75, 3.05) is 6.54 Å². The van der Waals surface area contributed by atoms with Gasteiger partial charge in [0.2, 0.25) is 0 Å². The maximum absolute atomic E-state index is 3.50. The van der Waals surface area contributed by atoms with Crippen LogP contribution in [0.2, 0.25) is 0 Å². The van der Waals surface area contributed by atoms with Crippen LogP contribution in [-0.4, -0.2) is 16.5 Å². The van der Waals surface area contributed by atoms with E-state index in [2.05, 4.69) is 41.8 Å². The van der Waals surface area contributed by atoms with Crippen molar-refractivity contribution in [3.8, 4) is 0 Å². The highest BCUT2D eigenvalue weighted by molar-refractivity contribution is 14.1. The lowest BCUT2D eigenvalue weighted by Gasteiger charge is -2.17. The van der Waals surface area contributed by atoms with Crippen LogP contribution < -0.4 is 5.32 Å². The van der Waals surface area contributed by atoms with Gasteiger partial charge in [0.1, 0.15) is 0 Å². The van der Waals surface area contributed by atoms with Crippen molar-refractivity contribution in [1.29, 1.82) is 0 Å². The predicted octanol–water partition coefficient (Wildman–Crippen LogP) is 1.81. The lowest BCUT2D eigenvalue weighted by Crippen LogP contribution is -2.32. The van der Waals surface area contributed by atoms with Crippen LogP contribution in [0.1, 0.15) is 20.3 Å². The van der Waals surface area contributed by atoms with Crippen LogP contribution in [-0.2, 0) is 0 Å². The summed E-state index contributed by atoms with van der Waals surface area (Å²) in [6.45, 7) is 5.79. The van der Waals surface area contributed by atoms with Crippen LogP contribution in [0.25, 0.3) is 0 Å². The molecule has 2 heteroatoms. The van der Waals surface area contributed by atoms with E-state index >= 15 is 0 Å².